The van der Waals surface area contributed by atoms with Gasteiger partial charge in [0.1, 0.15) is 5.60 Å². The van der Waals surface area contributed by atoms with Crippen LogP contribution >= 0.6 is 0 Å². The summed E-state index contributed by atoms with van der Waals surface area (Å²) in [5.41, 5.74) is 0.410. The number of esters is 1. The number of aryl methyl sites for hydroxylation is 1. The molecule has 0 aromatic carbocycles. The van der Waals surface area contributed by atoms with E-state index in [0.29, 0.717) is 37.8 Å². The number of amides is 1. The second-order valence-corrected chi connectivity index (χ2v) is 6.64. The Hall–Kier alpha value is -2.38. The van der Waals surface area contributed by atoms with Crippen molar-refractivity contribution in [3.63, 3.8) is 0 Å². The van der Waals surface area contributed by atoms with Gasteiger partial charge < -0.3 is 19.3 Å². The van der Waals surface area contributed by atoms with Gasteiger partial charge in [-0.1, -0.05) is 0 Å². The average Bonchev–Trinajstić information content (AvgIpc) is 2.52. The number of aromatic nitrogens is 2. The third kappa shape index (κ3) is 4.56. The molecular formula is C16H24N4O4. The average molecular weight is 336 g/mol. The smallest absolute Gasteiger partial charge is 0.410 e. The van der Waals surface area contributed by atoms with Gasteiger partial charge in [0.05, 0.1) is 7.11 Å². The van der Waals surface area contributed by atoms with Crippen LogP contribution in [0.15, 0.2) is 6.07 Å². The van der Waals surface area contributed by atoms with Crippen molar-refractivity contribution in [1.82, 2.24) is 14.9 Å². The van der Waals surface area contributed by atoms with E-state index >= 15 is 0 Å². The molecule has 1 amide bonds. The topological polar surface area (TPSA) is 84.9 Å². The number of hydrogen-bond acceptors (Lipinski definition) is 7. The fourth-order valence-electron chi connectivity index (χ4n) is 2.32. The molecule has 0 aliphatic carbocycles. The summed E-state index contributed by atoms with van der Waals surface area (Å²) in [5.74, 6) is -0.0200. The number of anilines is 1. The standard InChI is InChI=1S/C16H24N4O4/c1-11-10-12(13(21)23-5)18-14(17-11)19-6-8-20(9-7-19)15(22)24-16(2,3)4/h10H,6-9H2,1-5H3. The molecule has 0 unspecified atom stereocenters. The van der Waals surface area contributed by atoms with Crippen LogP contribution in [-0.4, -0.2) is 65.8 Å². The van der Waals surface area contributed by atoms with Gasteiger partial charge >= 0.3 is 12.1 Å². The number of piperazine rings is 1. The number of rotatable bonds is 2. The van der Waals surface area contributed by atoms with Crippen molar-refractivity contribution in [3.05, 3.63) is 17.5 Å². The molecule has 24 heavy (non-hydrogen) atoms. The molecular weight excluding hydrogens is 312 g/mol. The molecule has 1 aliphatic heterocycles. The third-order valence-electron chi connectivity index (χ3n) is 3.45. The Morgan fingerprint density at radius 3 is 2.29 bits per heavy atom. The first kappa shape index (κ1) is 18.0. The molecule has 1 saturated heterocycles. The Morgan fingerprint density at radius 1 is 1.12 bits per heavy atom. The highest BCUT2D eigenvalue weighted by atomic mass is 16.6. The van der Waals surface area contributed by atoms with Gasteiger partial charge in [-0.2, -0.15) is 0 Å². The summed E-state index contributed by atoms with van der Waals surface area (Å²) in [7, 11) is 1.32. The maximum absolute atomic E-state index is 12.1. The van der Waals surface area contributed by atoms with E-state index in [0.717, 1.165) is 0 Å². The van der Waals surface area contributed by atoms with Crippen LogP contribution in [-0.2, 0) is 9.47 Å². The fraction of sp³-hybridized carbons (Fsp3) is 0.625. The van der Waals surface area contributed by atoms with Crippen LogP contribution in [0.5, 0.6) is 0 Å². The van der Waals surface area contributed by atoms with Crippen molar-refractivity contribution in [1.29, 1.82) is 0 Å². The van der Waals surface area contributed by atoms with Crippen molar-refractivity contribution in [2.45, 2.75) is 33.3 Å². The summed E-state index contributed by atoms with van der Waals surface area (Å²) in [4.78, 5) is 36.0. The number of methoxy groups -OCH3 is 1. The lowest BCUT2D eigenvalue weighted by molar-refractivity contribution is 0.0240. The van der Waals surface area contributed by atoms with E-state index in [1.165, 1.54) is 7.11 Å². The minimum atomic E-state index is -0.511. The van der Waals surface area contributed by atoms with E-state index in [-0.39, 0.29) is 11.8 Å². The van der Waals surface area contributed by atoms with Gasteiger partial charge in [0.25, 0.3) is 0 Å². The molecule has 2 rings (SSSR count). The second-order valence-electron chi connectivity index (χ2n) is 6.64. The third-order valence-corrected chi connectivity index (χ3v) is 3.45. The normalized spacial score (nSPS) is 15.2. The van der Waals surface area contributed by atoms with Gasteiger partial charge in [-0.25, -0.2) is 19.6 Å². The first-order chi connectivity index (χ1) is 11.2. The van der Waals surface area contributed by atoms with Crippen LogP contribution in [0.2, 0.25) is 0 Å². The summed E-state index contributed by atoms with van der Waals surface area (Å²) in [5, 5.41) is 0. The van der Waals surface area contributed by atoms with Crippen LogP contribution in [0, 0.1) is 6.92 Å². The van der Waals surface area contributed by atoms with Gasteiger partial charge in [-0.05, 0) is 33.8 Å². The molecule has 0 N–H and O–H groups in total. The molecule has 1 aliphatic rings. The molecule has 1 fully saturated rings. The molecule has 8 nitrogen and oxygen atoms in total. The summed E-state index contributed by atoms with van der Waals surface area (Å²) in [6.45, 7) is 9.50. The van der Waals surface area contributed by atoms with Crippen molar-refractivity contribution >= 4 is 18.0 Å². The first-order valence-electron chi connectivity index (χ1n) is 7.86. The van der Waals surface area contributed by atoms with Gasteiger partial charge in [0, 0.05) is 31.9 Å². The van der Waals surface area contributed by atoms with Gasteiger partial charge in [-0.3, -0.25) is 0 Å². The lowest BCUT2D eigenvalue weighted by Gasteiger charge is -2.35. The van der Waals surface area contributed by atoms with Crippen LogP contribution < -0.4 is 4.90 Å². The van der Waals surface area contributed by atoms with E-state index in [1.807, 2.05) is 25.7 Å². The summed E-state index contributed by atoms with van der Waals surface area (Å²) in [6.07, 6.45) is -0.317. The van der Waals surface area contributed by atoms with Crippen molar-refractivity contribution in [3.8, 4) is 0 Å². The number of hydrogen-bond donors (Lipinski definition) is 0. The molecule has 1 aromatic rings. The fourth-order valence-corrected chi connectivity index (χ4v) is 2.32. The molecule has 8 heteroatoms. The highest BCUT2D eigenvalue weighted by Crippen LogP contribution is 2.16. The maximum atomic E-state index is 12.1. The number of nitrogens with zero attached hydrogens (tertiary/aromatic N) is 4. The predicted octanol–water partition coefficient (Wildman–Crippen LogP) is 1.63. The Labute approximate surface area is 141 Å². The lowest BCUT2D eigenvalue weighted by atomic mass is 10.2. The van der Waals surface area contributed by atoms with Crippen molar-refractivity contribution in [2.75, 3.05) is 38.2 Å². The lowest BCUT2D eigenvalue weighted by Crippen LogP contribution is -2.50. The molecule has 1 aromatic heterocycles. The molecule has 0 bridgehead atoms. The van der Waals surface area contributed by atoms with Crippen LogP contribution in [0.3, 0.4) is 0 Å². The van der Waals surface area contributed by atoms with Crippen LogP contribution in [0.4, 0.5) is 10.7 Å². The maximum Gasteiger partial charge on any atom is 0.410 e. The van der Waals surface area contributed by atoms with E-state index < -0.39 is 11.6 Å². The summed E-state index contributed by atoms with van der Waals surface area (Å²) >= 11 is 0. The summed E-state index contributed by atoms with van der Waals surface area (Å²) in [6, 6.07) is 1.59. The SMILES string of the molecule is COC(=O)c1cc(C)nc(N2CCN(C(=O)OC(C)(C)C)CC2)n1. The van der Waals surface area contributed by atoms with Gasteiger partial charge in [0.2, 0.25) is 5.95 Å². The summed E-state index contributed by atoms with van der Waals surface area (Å²) < 4.78 is 10.1. The number of carbonyl (C=O) groups is 2. The Balaban J connectivity index is 2.03. The quantitative estimate of drug-likeness (QED) is 0.759. The minimum Gasteiger partial charge on any atom is -0.464 e. The van der Waals surface area contributed by atoms with Crippen LogP contribution in [0.25, 0.3) is 0 Å². The Kier molecular flexibility index (Phi) is 5.26. The zero-order valence-electron chi connectivity index (χ0n) is 14.8. The Bertz CT molecular complexity index is 619. The number of carbonyl (C=O) groups excluding carboxylic acids is 2. The van der Waals surface area contributed by atoms with E-state index in [2.05, 4.69) is 9.97 Å². The predicted molar refractivity (Wildman–Crippen MR) is 88.1 cm³/mol. The molecule has 2 heterocycles. The largest absolute Gasteiger partial charge is 0.464 e. The zero-order valence-corrected chi connectivity index (χ0v) is 14.8. The highest BCUT2D eigenvalue weighted by molar-refractivity contribution is 5.87. The van der Waals surface area contributed by atoms with E-state index in [1.54, 1.807) is 17.9 Å². The molecule has 0 saturated carbocycles. The molecule has 0 atom stereocenters. The van der Waals surface area contributed by atoms with Crippen LogP contribution in [0.1, 0.15) is 37.0 Å². The molecule has 132 valence electrons. The minimum absolute atomic E-state index is 0.231. The highest BCUT2D eigenvalue weighted by Gasteiger charge is 2.27. The molecule has 0 spiro atoms. The number of ether oxygens (including phenoxy) is 2. The van der Waals surface area contributed by atoms with Gasteiger partial charge in [-0.15, -0.1) is 0 Å². The zero-order chi connectivity index (χ0) is 17.9. The monoisotopic (exact) mass is 336 g/mol. The first-order valence-corrected chi connectivity index (χ1v) is 7.86. The Morgan fingerprint density at radius 2 is 1.75 bits per heavy atom. The van der Waals surface area contributed by atoms with Crippen molar-refractivity contribution < 1.29 is 19.1 Å². The molecule has 0 radical (unpaired) electrons. The van der Waals surface area contributed by atoms with E-state index in [4.69, 9.17) is 9.47 Å². The van der Waals surface area contributed by atoms with Crippen molar-refractivity contribution in [2.24, 2.45) is 0 Å². The van der Waals surface area contributed by atoms with E-state index in [9.17, 15) is 9.59 Å². The van der Waals surface area contributed by atoms with Gasteiger partial charge in [0.15, 0.2) is 5.69 Å². The second kappa shape index (κ2) is 7.02.